The summed E-state index contributed by atoms with van der Waals surface area (Å²) in [4.78, 5) is 16.7. The number of rotatable bonds is 7. The van der Waals surface area contributed by atoms with Gasteiger partial charge in [0, 0.05) is 32.7 Å². The monoisotopic (exact) mass is 451 g/mol. The topological polar surface area (TPSA) is 78.9 Å². The number of hydrogen-bond acceptors (Lipinski definition) is 5. The summed E-state index contributed by atoms with van der Waals surface area (Å²) in [5, 5.41) is 0.189. The van der Waals surface area contributed by atoms with Crippen LogP contribution in [0.4, 0.5) is 0 Å². The van der Waals surface area contributed by atoms with Crippen LogP contribution in [0.1, 0.15) is 12.5 Å². The first-order valence-corrected chi connectivity index (χ1v) is 11.6. The number of piperazine rings is 1. The van der Waals surface area contributed by atoms with Crippen molar-refractivity contribution in [3.63, 3.8) is 0 Å². The van der Waals surface area contributed by atoms with Crippen LogP contribution in [0.5, 0.6) is 5.75 Å². The number of benzene rings is 2. The van der Waals surface area contributed by atoms with Gasteiger partial charge < -0.3 is 9.64 Å². The smallest absolute Gasteiger partial charge is 0.241 e. The number of halogens is 1. The second-order valence-corrected chi connectivity index (χ2v) is 9.35. The fourth-order valence-electron chi connectivity index (χ4n) is 3.41. The summed E-state index contributed by atoms with van der Waals surface area (Å²) in [5.74, 6) is 0.144. The maximum atomic E-state index is 12.8. The van der Waals surface area contributed by atoms with Crippen LogP contribution >= 0.6 is 11.6 Å². The van der Waals surface area contributed by atoms with Crippen molar-refractivity contribution in [2.24, 2.45) is 0 Å². The van der Waals surface area contributed by atoms with Gasteiger partial charge in [-0.1, -0.05) is 41.9 Å². The molecule has 1 N–H and O–H groups in total. The fraction of sp³-hybridized carbons (Fsp3) is 0.381. The fourth-order valence-corrected chi connectivity index (χ4v) is 4.95. The van der Waals surface area contributed by atoms with Crippen LogP contribution in [-0.4, -0.2) is 63.5 Å². The maximum Gasteiger partial charge on any atom is 0.241 e. The quantitative estimate of drug-likeness (QED) is 0.699. The molecule has 1 atom stereocenters. The first-order valence-electron chi connectivity index (χ1n) is 9.71. The molecule has 0 aliphatic carbocycles. The SMILES string of the molecule is COc1ccc(S(=O)(=O)N[C@H](C)C(=O)N2CCN(Cc3ccccc3)CC2)cc1Cl. The van der Waals surface area contributed by atoms with Crippen molar-refractivity contribution in [1.82, 2.24) is 14.5 Å². The molecule has 1 aliphatic heterocycles. The summed E-state index contributed by atoms with van der Waals surface area (Å²) >= 11 is 6.03. The normalized spacial score (nSPS) is 16.3. The Balaban J connectivity index is 1.56. The van der Waals surface area contributed by atoms with Crippen molar-refractivity contribution in [2.75, 3.05) is 33.3 Å². The summed E-state index contributed by atoms with van der Waals surface area (Å²) in [6.07, 6.45) is 0. The molecule has 1 aliphatic rings. The van der Waals surface area contributed by atoms with Crippen LogP contribution in [0.3, 0.4) is 0 Å². The van der Waals surface area contributed by atoms with Gasteiger partial charge in [0.15, 0.2) is 0 Å². The van der Waals surface area contributed by atoms with Gasteiger partial charge in [-0.15, -0.1) is 0 Å². The van der Waals surface area contributed by atoms with E-state index < -0.39 is 16.1 Å². The number of ether oxygens (including phenoxy) is 1. The van der Waals surface area contributed by atoms with E-state index in [4.69, 9.17) is 16.3 Å². The summed E-state index contributed by atoms with van der Waals surface area (Å²) < 4.78 is 32.8. The largest absolute Gasteiger partial charge is 0.495 e. The highest BCUT2D eigenvalue weighted by Gasteiger charge is 2.28. The highest BCUT2D eigenvalue weighted by Crippen LogP contribution is 2.27. The molecule has 0 bridgehead atoms. The van der Waals surface area contributed by atoms with E-state index in [0.717, 1.165) is 19.6 Å². The minimum absolute atomic E-state index is 0.0133. The highest BCUT2D eigenvalue weighted by molar-refractivity contribution is 7.89. The van der Waals surface area contributed by atoms with Crippen LogP contribution in [0.25, 0.3) is 0 Å². The van der Waals surface area contributed by atoms with Gasteiger partial charge in [-0.3, -0.25) is 9.69 Å². The molecule has 1 saturated heterocycles. The standard InChI is InChI=1S/C21H26ClN3O4S/c1-16(23-30(27,28)18-8-9-20(29-2)19(22)14-18)21(26)25-12-10-24(11-13-25)15-17-6-4-3-5-7-17/h3-9,14,16,23H,10-13,15H2,1-2H3/t16-/m1/s1. The summed E-state index contributed by atoms with van der Waals surface area (Å²) in [6.45, 7) is 5.01. The predicted octanol–water partition coefficient (Wildman–Crippen LogP) is 2.36. The van der Waals surface area contributed by atoms with Crippen molar-refractivity contribution in [3.05, 3.63) is 59.1 Å². The van der Waals surface area contributed by atoms with Crippen LogP contribution < -0.4 is 9.46 Å². The number of methoxy groups -OCH3 is 1. The van der Waals surface area contributed by atoms with Crippen molar-refractivity contribution in [2.45, 2.75) is 24.4 Å². The number of carbonyl (C=O) groups excluding carboxylic acids is 1. The van der Waals surface area contributed by atoms with Gasteiger partial charge in [0.05, 0.1) is 23.1 Å². The second kappa shape index (κ2) is 9.78. The van der Waals surface area contributed by atoms with E-state index in [1.165, 1.54) is 30.9 Å². The van der Waals surface area contributed by atoms with Crippen LogP contribution in [0.2, 0.25) is 5.02 Å². The Morgan fingerprint density at radius 2 is 1.80 bits per heavy atom. The lowest BCUT2D eigenvalue weighted by atomic mass is 10.2. The highest BCUT2D eigenvalue weighted by atomic mass is 35.5. The lowest BCUT2D eigenvalue weighted by Gasteiger charge is -2.36. The summed E-state index contributed by atoms with van der Waals surface area (Å²) in [6, 6.07) is 13.5. The Morgan fingerprint density at radius 3 is 2.40 bits per heavy atom. The lowest BCUT2D eigenvalue weighted by molar-refractivity contribution is -0.134. The molecule has 0 saturated carbocycles. The molecule has 30 heavy (non-hydrogen) atoms. The lowest BCUT2D eigenvalue weighted by Crippen LogP contribution is -2.53. The van der Waals surface area contributed by atoms with Crippen molar-refractivity contribution < 1.29 is 17.9 Å². The number of amides is 1. The minimum Gasteiger partial charge on any atom is -0.495 e. The number of nitrogens with one attached hydrogen (secondary N) is 1. The van der Waals surface area contributed by atoms with Gasteiger partial charge in [0.2, 0.25) is 15.9 Å². The third-order valence-electron chi connectivity index (χ3n) is 5.07. The van der Waals surface area contributed by atoms with Crippen molar-refractivity contribution in [1.29, 1.82) is 0 Å². The Kier molecular flexibility index (Phi) is 7.36. The van der Waals surface area contributed by atoms with Gasteiger partial charge in [-0.05, 0) is 30.7 Å². The Bertz CT molecular complexity index is 977. The van der Waals surface area contributed by atoms with Crippen LogP contribution in [0, 0.1) is 0 Å². The zero-order valence-corrected chi connectivity index (χ0v) is 18.6. The van der Waals surface area contributed by atoms with Crippen molar-refractivity contribution in [3.8, 4) is 5.75 Å². The first kappa shape index (κ1) is 22.6. The molecule has 2 aromatic carbocycles. The zero-order chi connectivity index (χ0) is 21.7. The average molecular weight is 452 g/mol. The third-order valence-corrected chi connectivity index (χ3v) is 6.90. The van der Waals surface area contributed by atoms with Crippen LogP contribution in [-0.2, 0) is 21.4 Å². The summed E-state index contributed by atoms with van der Waals surface area (Å²) in [7, 11) is -2.44. The predicted molar refractivity (Wildman–Crippen MR) is 116 cm³/mol. The molecule has 0 spiro atoms. The number of hydrogen-bond donors (Lipinski definition) is 1. The maximum absolute atomic E-state index is 12.8. The van der Waals surface area contributed by atoms with E-state index >= 15 is 0 Å². The Labute approximate surface area is 182 Å². The van der Waals surface area contributed by atoms with E-state index in [1.807, 2.05) is 18.2 Å². The van der Waals surface area contributed by atoms with E-state index in [-0.39, 0.29) is 15.8 Å². The van der Waals surface area contributed by atoms with Gasteiger partial charge in [-0.2, -0.15) is 4.72 Å². The molecule has 162 valence electrons. The molecule has 3 rings (SSSR count). The van der Waals surface area contributed by atoms with Gasteiger partial charge in [0.1, 0.15) is 5.75 Å². The first-order chi connectivity index (χ1) is 14.3. The van der Waals surface area contributed by atoms with E-state index in [0.29, 0.717) is 18.8 Å². The average Bonchev–Trinajstić information content (AvgIpc) is 2.74. The third kappa shape index (κ3) is 5.51. The molecule has 1 amide bonds. The molecule has 1 fully saturated rings. The minimum atomic E-state index is -3.89. The molecule has 0 unspecified atom stereocenters. The molecule has 1 heterocycles. The Morgan fingerprint density at radius 1 is 1.13 bits per heavy atom. The summed E-state index contributed by atoms with van der Waals surface area (Å²) in [5.41, 5.74) is 1.23. The molecule has 0 radical (unpaired) electrons. The molecular formula is C21H26ClN3O4S. The number of nitrogens with zero attached hydrogens (tertiary/aromatic N) is 2. The Hall–Kier alpha value is -2.13. The molecule has 2 aromatic rings. The number of carbonyl (C=O) groups is 1. The molecule has 0 aromatic heterocycles. The zero-order valence-electron chi connectivity index (χ0n) is 17.0. The molecule has 9 heteroatoms. The molecule has 7 nitrogen and oxygen atoms in total. The van der Waals surface area contributed by atoms with E-state index in [1.54, 1.807) is 11.8 Å². The van der Waals surface area contributed by atoms with Gasteiger partial charge in [0.25, 0.3) is 0 Å². The molecular weight excluding hydrogens is 426 g/mol. The van der Waals surface area contributed by atoms with E-state index in [2.05, 4.69) is 21.8 Å². The van der Waals surface area contributed by atoms with E-state index in [9.17, 15) is 13.2 Å². The second-order valence-electron chi connectivity index (χ2n) is 7.23. The number of sulfonamides is 1. The van der Waals surface area contributed by atoms with Crippen LogP contribution in [0.15, 0.2) is 53.4 Å². The van der Waals surface area contributed by atoms with Gasteiger partial charge >= 0.3 is 0 Å². The van der Waals surface area contributed by atoms with Crippen molar-refractivity contribution >= 4 is 27.5 Å². The van der Waals surface area contributed by atoms with Gasteiger partial charge in [-0.25, -0.2) is 8.42 Å².